The molecule has 0 radical (unpaired) electrons. The number of esters is 1. The number of Topliss-reactive ketones (excluding diaryl/α,β-unsaturated/α-hetero) is 1. The lowest BCUT2D eigenvalue weighted by molar-refractivity contribution is -0.138. The zero-order valence-corrected chi connectivity index (χ0v) is 22.2. The zero-order chi connectivity index (χ0) is 26.8. The molecule has 0 spiro atoms. The number of hydrogen-bond donors (Lipinski definition) is 1. The van der Waals surface area contributed by atoms with E-state index in [9.17, 15) is 9.59 Å². The third-order valence-corrected chi connectivity index (χ3v) is 7.05. The first-order valence-corrected chi connectivity index (χ1v) is 13.0. The number of ketones is 1. The molecule has 1 N–H and O–H groups in total. The number of carbonyl (C=O) groups is 2. The SMILES string of the molecule is CCOC(=O)C1=C(C)NC2=C(C(=O)c3ccccc32)[C@@H]1c1ccc(OCc2ccccc2Cl)c(OCC)c1. The molecule has 3 aromatic rings. The highest BCUT2D eigenvalue weighted by molar-refractivity contribution is 6.31. The van der Waals surface area contributed by atoms with Gasteiger partial charge in [0.1, 0.15) is 6.61 Å². The summed E-state index contributed by atoms with van der Waals surface area (Å²) in [6.45, 7) is 6.39. The van der Waals surface area contributed by atoms with Crippen LogP contribution in [0.5, 0.6) is 11.5 Å². The summed E-state index contributed by atoms with van der Waals surface area (Å²) in [7, 11) is 0. The fourth-order valence-electron chi connectivity index (χ4n) is 5.00. The van der Waals surface area contributed by atoms with Crippen molar-refractivity contribution >= 4 is 29.1 Å². The highest BCUT2D eigenvalue weighted by Gasteiger charge is 2.43. The van der Waals surface area contributed by atoms with E-state index in [0.717, 1.165) is 22.4 Å². The molecule has 1 aliphatic heterocycles. The van der Waals surface area contributed by atoms with Gasteiger partial charge in [0.15, 0.2) is 17.3 Å². The van der Waals surface area contributed by atoms with Crippen LogP contribution < -0.4 is 14.8 Å². The Balaban J connectivity index is 1.58. The normalized spacial score (nSPS) is 16.1. The molecule has 7 heteroatoms. The molecule has 38 heavy (non-hydrogen) atoms. The van der Waals surface area contributed by atoms with Gasteiger partial charge in [0.05, 0.1) is 24.5 Å². The summed E-state index contributed by atoms with van der Waals surface area (Å²) >= 11 is 6.30. The molecule has 0 saturated carbocycles. The van der Waals surface area contributed by atoms with Crippen LogP contribution in [0.15, 0.2) is 83.6 Å². The average Bonchev–Trinajstić information content (AvgIpc) is 3.19. The zero-order valence-electron chi connectivity index (χ0n) is 21.5. The maximum absolute atomic E-state index is 13.7. The molecule has 0 fully saturated rings. The Morgan fingerprint density at radius 1 is 0.921 bits per heavy atom. The third kappa shape index (κ3) is 4.56. The van der Waals surface area contributed by atoms with Crippen molar-refractivity contribution in [1.82, 2.24) is 5.32 Å². The minimum Gasteiger partial charge on any atom is -0.490 e. The van der Waals surface area contributed by atoms with Crippen molar-refractivity contribution < 1.29 is 23.8 Å². The van der Waals surface area contributed by atoms with Crippen LogP contribution in [-0.2, 0) is 16.1 Å². The van der Waals surface area contributed by atoms with Crippen molar-refractivity contribution in [1.29, 1.82) is 0 Å². The minimum absolute atomic E-state index is 0.112. The Hall–Kier alpha value is -4.03. The van der Waals surface area contributed by atoms with Crippen LogP contribution in [0.25, 0.3) is 5.70 Å². The number of benzene rings is 3. The van der Waals surface area contributed by atoms with Crippen molar-refractivity contribution in [2.24, 2.45) is 0 Å². The molecular weight excluding hydrogens is 502 g/mol. The quantitative estimate of drug-likeness (QED) is 0.338. The van der Waals surface area contributed by atoms with E-state index in [1.165, 1.54) is 0 Å². The van der Waals surface area contributed by atoms with Crippen LogP contribution in [0.3, 0.4) is 0 Å². The Morgan fingerprint density at radius 3 is 2.39 bits per heavy atom. The number of fused-ring (bicyclic) bond motifs is 2. The van der Waals surface area contributed by atoms with E-state index in [2.05, 4.69) is 5.32 Å². The summed E-state index contributed by atoms with van der Waals surface area (Å²) in [5, 5.41) is 3.94. The van der Waals surface area contributed by atoms with Gasteiger partial charge >= 0.3 is 5.97 Å². The highest BCUT2D eigenvalue weighted by Crippen LogP contribution is 2.48. The van der Waals surface area contributed by atoms with E-state index in [0.29, 0.717) is 45.5 Å². The summed E-state index contributed by atoms with van der Waals surface area (Å²) < 4.78 is 17.5. The van der Waals surface area contributed by atoms with E-state index in [4.69, 9.17) is 25.8 Å². The smallest absolute Gasteiger partial charge is 0.336 e. The molecule has 3 aromatic carbocycles. The second kappa shape index (κ2) is 10.8. The van der Waals surface area contributed by atoms with Crippen LogP contribution in [0.2, 0.25) is 5.02 Å². The number of dihydropyridines is 1. The molecule has 1 atom stereocenters. The lowest BCUT2D eigenvalue weighted by atomic mass is 9.79. The Labute approximate surface area is 226 Å². The van der Waals surface area contributed by atoms with Gasteiger partial charge in [-0.25, -0.2) is 4.79 Å². The Morgan fingerprint density at radius 2 is 1.66 bits per heavy atom. The maximum Gasteiger partial charge on any atom is 0.336 e. The summed E-state index contributed by atoms with van der Waals surface area (Å²) in [5.41, 5.74) is 5.31. The van der Waals surface area contributed by atoms with Crippen molar-refractivity contribution in [2.45, 2.75) is 33.3 Å². The molecule has 5 rings (SSSR count). The lowest BCUT2D eigenvalue weighted by Gasteiger charge is -2.29. The number of carbonyl (C=O) groups excluding carboxylic acids is 2. The molecule has 0 bridgehead atoms. The molecule has 0 amide bonds. The molecule has 6 nitrogen and oxygen atoms in total. The lowest BCUT2D eigenvalue weighted by Crippen LogP contribution is -2.29. The van der Waals surface area contributed by atoms with Crippen molar-refractivity contribution in [3.05, 3.63) is 111 Å². The first-order chi connectivity index (χ1) is 18.4. The molecule has 0 saturated heterocycles. The topological polar surface area (TPSA) is 73.9 Å². The fourth-order valence-corrected chi connectivity index (χ4v) is 5.19. The Kier molecular flexibility index (Phi) is 7.25. The predicted octanol–water partition coefficient (Wildman–Crippen LogP) is 6.45. The van der Waals surface area contributed by atoms with Crippen LogP contribution in [0.4, 0.5) is 0 Å². The van der Waals surface area contributed by atoms with Crippen molar-refractivity contribution in [3.8, 4) is 11.5 Å². The molecule has 2 aliphatic rings. The molecular formula is C31H28ClNO5. The largest absolute Gasteiger partial charge is 0.490 e. The summed E-state index contributed by atoms with van der Waals surface area (Å²) in [6.07, 6.45) is 0. The van der Waals surface area contributed by atoms with E-state index in [1.807, 2.05) is 80.6 Å². The van der Waals surface area contributed by atoms with Gasteiger partial charge in [0, 0.05) is 38.9 Å². The van der Waals surface area contributed by atoms with Gasteiger partial charge in [-0.15, -0.1) is 0 Å². The molecule has 0 aromatic heterocycles. The standard InChI is InChI=1S/C31H28ClNO5/c1-4-36-25-16-19(14-15-24(25)38-17-20-10-6-9-13-23(20)32)27-26(31(35)37-5-2)18(3)33-29-21-11-7-8-12-22(21)30(34)28(27)29/h6-16,27,33H,4-5,17H2,1-3H3/t27-/m1/s1. The number of hydrogen-bond acceptors (Lipinski definition) is 6. The highest BCUT2D eigenvalue weighted by atomic mass is 35.5. The predicted molar refractivity (Wildman–Crippen MR) is 146 cm³/mol. The van der Waals surface area contributed by atoms with Gasteiger partial charge in [0.2, 0.25) is 0 Å². The van der Waals surface area contributed by atoms with Crippen molar-refractivity contribution in [2.75, 3.05) is 13.2 Å². The third-order valence-electron chi connectivity index (χ3n) is 6.69. The van der Waals surface area contributed by atoms with E-state index >= 15 is 0 Å². The van der Waals surface area contributed by atoms with Gasteiger partial charge in [-0.05, 0) is 44.5 Å². The van der Waals surface area contributed by atoms with E-state index in [1.54, 1.807) is 6.92 Å². The minimum atomic E-state index is -0.637. The Bertz CT molecular complexity index is 1490. The summed E-state index contributed by atoms with van der Waals surface area (Å²) in [6, 6.07) is 20.5. The molecule has 0 unspecified atom stereocenters. The fraction of sp³-hybridized carbons (Fsp3) is 0.226. The van der Waals surface area contributed by atoms with E-state index < -0.39 is 11.9 Å². The van der Waals surface area contributed by atoms with Gasteiger partial charge in [-0.1, -0.05) is 60.1 Å². The number of allylic oxidation sites excluding steroid dienone is 2. The monoisotopic (exact) mass is 529 g/mol. The van der Waals surface area contributed by atoms with Gasteiger partial charge in [-0.3, -0.25) is 4.79 Å². The number of rotatable bonds is 8. The van der Waals surface area contributed by atoms with Crippen LogP contribution in [-0.4, -0.2) is 25.0 Å². The summed E-state index contributed by atoms with van der Waals surface area (Å²) in [5.74, 6) is -0.157. The van der Waals surface area contributed by atoms with E-state index in [-0.39, 0.29) is 19.0 Å². The van der Waals surface area contributed by atoms with Gasteiger partial charge in [0.25, 0.3) is 0 Å². The molecule has 1 aliphatic carbocycles. The molecule has 194 valence electrons. The van der Waals surface area contributed by atoms with Gasteiger partial charge < -0.3 is 19.5 Å². The van der Waals surface area contributed by atoms with Crippen LogP contribution in [0, 0.1) is 0 Å². The van der Waals surface area contributed by atoms with Crippen LogP contribution >= 0.6 is 11.6 Å². The van der Waals surface area contributed by atoms with Crippen molar-refractivity contribution in [3.63, 3.8) is 0 Å². The molecule has 1 heterocycles. The van der Waals surface area contributed by atoms with Gasteiger partial charge in [-0.2, -0.15) is 0 Å². The second-order valence-electron chi connectivity index (χ2n) is 9.00. The van der Waals surface area contributed by atoms with Crippen LogP contribution in [0.1, 0.15) is 53.7 Å². The first kappa shape index (κ1) is 25.6. The average molecular weight is 530 g/mol. The maximum atomic E-state index is 13.7. The number of nitrogens with one attached hydrogen (secondary N) is 1. The number of ether oxygens (including phenoxy) is 3. The number of halogens is 1. The first-order valence-electron chi connectivity index (χ1n) is 12.6. The second-order valence-corrected chi connectivity index (χ2v) is 9.41. The summed E-state index contributed by atoms with van der Waals surface area (Å²) in [4.78, 5) is 26.9.